The zero-order valence-corrected chi connectivity index (χ0v) is 14.8. The summed E-state index contributed by atoms with van der Waals surface area (Å²) in [4.78, 5) is 24.6. The van der Waals surface area contributed by atoms with Gasteiger partial charge >= 0.3 is 6.01 Å². The lowest BCUT2D eigenvalue weighted by Crippen LogP contribution is -2.14. The molecule has 24 heavy (non-hydrogen) atoms. The van der Waals surface area contributed by atoms with Crippen molar-refractivity contribution in [2.45, 2.75) is 0 Å². The lowest BCUT2D eigenvalue weighted by atomic mass is 10.3. The lowest BCUT2D eigenvalue weighted by Gasteiger charge is -2.05. The second kappa shape index (κ2) is 6.76. The molecule has 7 nitrogen and oxygen atoms in total. The zero-order chi connectivity index (χ0) is 17.3. The Labute approximate surface area is 150 Å². The number of thiazole rings is 1. The first-order chi connectivity index (χ1) is 11.5. The number of nitrogens with zero attached hydrogens (tertiary/aromatic N) is 3. The van der Waals surface area contributed by atoms with E-state index in [9.17, 15) is 4.79 Å². The molecular weight excluding hydrogens is 375 g/mol. The summed E-state index contributed by atoms with van der Waals surface area (Å²) in [5, 5.41) is 3.78. The Hall–Kier alpha value is -2.16. The van der Waals surface area contributed by atoms with Gasteiger partial charge in [0, 0.05) is 6.07 Å². The van der Waals surface area contributed by atoms with Crippen molar-refractivity contribution in [1.29, 1.82) is 0 Å². The molecule has 0 aliphatic heterocycles. The maximum atomic E-state index is 12.4. The minimum absolute atomic E-state index is 0.0265. The number of hydrogen-bond acceptors (Lipinski definition) is 7. The van der Waals surface area contributed by atoms with Gasteiger partial charge in [-0.15, -0.1) is 0 Å². The Morgan fingerprint density at radius 3 is 2.67 bits per heavy atom. The number of anilines is 1. The second-order valence-electron chi connectivity index (χ2n) is 4.46. The van der Waals surface area contributed by atoms with E-state index >= 15 is 0 Å². The fourth-order valence-electron chi connectivity index (χ4n) is 1.87. The summed E-state index contributed by atoms with van der Waals surface area (Å²) in [6.45, 7) is 0. The Morgan fingerprint density at radius 2 is 1.96 bits per heavy atom. The number of ether oxygens (including phenoxy) is 2. The molecule has 0 saturated heterocycles. The molecule has 1 N–H and O–H groups in total. The van der Waals surface area contributed by atoms with E-state index in [0.29, 0.717) is 20.7 Å². The van der Waals surface area contributed by atoms with E-state index in [-0.39, 0.29) is 17.6 Å². The van der Waals surface area contributed by atoms with Gasteiger partial charge in [-0.3, -0.25) is 10.1 Å². The van der Waals surface area contributed by atoms with Crippen LogP contribution in [-0.4, -0.2) is 35.1 Å². The van der Waals surface area contributed by atoms with Gasteiger partial charge in [0.05, 0.1) is 29.0 Å². The number of nitrogens with one attached hydrogen (secondary N) is 1. The third kappa shape index (κ3) is 3.21. The highest BCUT2D eigenvalue weighted by atomic mass is 35.5. The van der Waals surface area contributed by atoms with Crippen molar-refractivity contribution in [2.24, 2.45) is 0 Å². The number of carbonyl (C=O) groups is 1. The summed E-state index contributed by atoms with van der Waals surface area (Å²) in [5.41, 5.74) is 0.615. The molecule has 3 aromatic rings. The van der Waals surface area contributed by atoms with Gasteiger partial charge in [0.25, 0.3) is 5.91 Å². The molecule has 0 spiro atoms. The predicted molar refractivity (Wildman–Crippen MR) is 92.7 cm³/mol. The normalized spacial score (nSPS) is 10.7. The Balaban J connectivity index is 1.91. The van der Waals surface area contributed by atoms with Crippen molar-refractivity contribution < 1.29 is 14.3 Å². The molecule has 0 radical (unpaired) electrons. The maximum Gasteiger partial charge on any atom is 0.320 e. The van der Waals surface area contributed by atoms with E-state index in [0.717, 1.165) is 4.70 Å². The van der Waals surface area contributed by atoms with Crippen molar-refractivity contribution in [3.63, 3.8) is 0 Å². The van der Waals surface area contributed by atoms with Crippen molar-refractivity contribution >= 4 is 55.8 Å². The molecule has 0 fully saturated rings. The molecule has 2 aromatic heterocycles. The summed E-state index contributed by atoms with van der Waals surface area (Å²) in [7, 11) is 2.83. The van der Waals surface area contributed by atoms with Crippen LogP contribution < -0.4 is 14.8 Å². The van der Waals surface area contributed by atoms with Crippen molar-refractivity contribution in [3.05, 3.63) is 33.9 Å². The van der Waals surface area contributed by atoms with E-state index in [4.69, 9.17) is 32.7 Å². The average molecular weight is 385 g/mol. The standard InChI is InChI=1S/C14H10Cl2N4O3S/c1-22-9-5-7(17-13(18-9)23-2)12(21)20-14-19-11-8(24-14)4-3-6(15)10(11)16/h3-5H,1-2H3,(H,19,20,21). The zero-order valence-electron chi connectivity index (χ0n) is 12.5. The molecule has 124 valence electrons. The largest absolute Gasteiger partial charge is 0.481 e. The van der Waals surface area contributed by atoms with Crippen LogP contribution in [0.25, 0.3) is 10.2 Å². The molecule has 0 aliphatic rings. The molecule has 10 heteroatoms. The monoisotopic (exact) mass is 384 g/mol. The highest BCUT2D eigenvalue weighted by Gasteiger charge is 2.16. The van der Waals surface area contributed by atoms with E-state index in [2.05, 4.69) is 20.3 Å². The van der Waals surface area contributed by atoms with Gasteiger partial charge in [0.2, 0.25) is 5.88 Å². The Kier molecular flexibility index (Phi) is 4.70. The molecule has 3 rings (SSSR count). The number of benzene rings is 1. The second-order valence-corrected chi connectivity index (χ2v) is 6.28. The van der Waals surface area contributed by atoms with Gasteiger partial charge in [-0.25, -0.2) is 4.98 Å². The SMILES string of the molecule is COc1cc(C(=O)Nc2nc3c(Cl)c(Cl)ccc3s2)nc(OC)n1. The van der Waals surface area contributed by atoms with Crippen LogP contribution in [0.2, 0.25) is 10.0 Å². The van der Waals surface area contributed by atoms with E-state index in [1.807, 2.05) is 0 Å². The summed E-state index contributed by atoms with van der Waals surface area (Å²) in [5.74, 6) is -0.263. The van der Waals surface area contributed by atoms with Gasteiger partial charge < -0.3 is 9.47 Å². The third-order valence-corrected chi connectivity index (χ3v) is 4.71. The fourth-order valence-corrected chi connectivity index (χ4v) is 3.15. The molecule has 0 aliphatic carbocycles. The maximum absolute atomic E-state index is 12.4. The minimum Gasteiger partial charge on any atom is -0.481 e. The lowest BCUT2D eigenvalue weighted by molar-refractivity contribution is 0.102. The van der Waals surface area contributed by atoms with Crippen LogP contribution in [0.5, 0.6) is 11.9 Å². The molecule has 1 aromatic carbocycles. The number of halogens is 2. The van der Waals surface area contributed by atoms with Crippen LogP contribution in [0, 0.1) is 0 Å². The number of fused-ring (bicyclic) bond motifs is 1. The van der Waals surface area contributed by atoms with E-state index in [1.165, 1.54) is 31.6 Å². The predicted octanol–water partition coefficient (Wildman–Crippen LogP) is 3.66. The first kappa shape index (κ1) is 16.7. The number of hydrogen-bond donors (Lipinski definition) is 1. The van der Waals surface area contributed by atoms with Crippen LogP contribution in [0.3, 0.4) is 0 Å². The van der Waals surface area contributed by atoms with Crippen molar-refractivity contribution in [1.82, 2.24) is 15.0 Å². The average Bonchev–Trinajstić information content (AvgIpc) is 3.01. The fraction of sp³-hybridized carbons (Fsp3) is 0.143. The molecule has 0 saturated carbocycles. The highest BCUT2D eigenvalue weighted by Crippen LogP contribution is 2.35. The third-order valence-electron chi connectivity index (χ3n) is 2.98. The quantitative estimate of drug-likeness (QED) is 0.738. The molecule has 0 bridgehead atoms. The van der Waals surface area contributed by atoms with Gasteiger partial charge in [0.1, 0.15) is 11.2 Å². The van der Waals surface area contributed by atoms with Crippen molar-refractivity contribution in [3.8, 4) is 11.9 Å². The summed E-state index contributed by atoms with van der Waals surface area (Å²) in [6.07, 6.45) is 0. The molecule has 1 amide bonds. The Morgan fingerprint density at radius 1 is 1.17 bits per heavy atom. The number of rotatable bonds is 4. The van der Waals surface area contributed by atoms with Gasteiger partial charge in [0.15, 0.2) is 5.13 Å². The Bertz CT molecular complexity index is 910. The van der Waals surface area contributed by atoms with Crippen LogP contribution in [0.1, 0.15) is 10.5 Å². The molecule has 0 unspecified atom stereocenters. The minimum atomic E-state index is -0.477. The summed E-state index contributed by atoms with van der Waals surface area (Å²) < 4.78 is 10.8. The first-order valence-corrected chi connectivity index (χ1v) is 8.12. The van der Waals surface area contributed by atoms with Crippen LogP contribution in [0.15, 0.2) is 18.2 Å². The van der Waals surface area contributed by atoms with Crippen LogP contribution in [-0.2, 0) is 0 Å². The van der Waals surface area contributed by atoms with Crippen LogP contribution >= 0.6 is 34.5 Å². The van der Waals surface area contributed by atoms with Gasteiger partial charge in [-0.05, 0) is 12.1 Å². The van der Waals surface area contributed by atoms with Crippen molar-refractivity contribution in [2.75, 3.05) is 19.5 Å². The van der Waals surface area contributed by atoms with Crippen LogP contribution in [0.4, 0.5) is 5.13 Å². The molecule has 2 heterocycles. The van der Waals surface area contributed by atoms with E-state index < -0.39 is 5.91 Å². The first-order valence-electron chi connectivity index (χ1n) is 6.54. The van der Waals surface area contributed by atoms with E-state index in [1.54, 1.807) is 12.1 Å². The number of amides is 1. The molecular formula is C14H10Cl2N4O3S. The van der Waals surface area contributed by atoms with Gasteiger partial charge in [-0.1, -0.05) is 34.5 Å². The van der Waals surface area contributed by atoms with Gasteiger partial charge in [-0.2, -0.15) is 9.97 Å². The highest BCUT2D eigenvalue weighted by molar-refractivity contribution is 7.22. The smallest absolute Gasteiger partial charge is 0.320 e. The summed E-state index contributed by atoms with van der Waals surface area (Å²) in [6, 6.07) is 4.89. The number of methoxy groups -OCH3 is 2. The number of aromatic nitrogens is 3. The molecule has 0 atom stereocenters. The summed E-state index contributed by atoms with van der Waals surface area (Å²) >= 11 is 13.4. The topological polar surface area (TPSA) is 86.2 Å². The number of carbonyl (C=O) groups excluding carboxylic acids is 1.